The molecule has 2 saturated heterocycles. The third kappa shape index (κ3) is 1.75. The van der Waals surface area contributed by atoms with Crippen molar-refractivity contribution in [3.63, 3.8) is 0 Å². The van der Waals surface area contributed by atoms with Crippen LogP contribution in [0, 0.1) is 5.41 Å². The Morgan fingerprint density at radius 2 is 2.06 bits per heavy atom. The molecule has 0 aromatic carbocycles. The van der Waals surface area contributed by atoms with E-state index in [-0.39, 0.29) is 5.97 Å². The highest BCUT2D eigenvalue weighted by Gasteiger charge is 2.58. The molecule has 0 aromatic rings. The zero-order valence-electron chi connectivity index (χ0n) is 9.53. The van der Waals surface area contributed by atoms with Gasteiger partial charge in [0.2, 0.25) is 0 Å². The summed E-state index contributed by atoms with van der Waals surface area (Å²) in [5.74, 6) is 1.32. The number of hydrogen-bond donors (Lipinski definition) is 1. The molecule has 92 valence electrons. The Balaban J connectivity index is 2.27. The van der Waals surface area contributed by atoms with Crippen LogP contribution >= 0.6 is 11.8 Å². The molecule has 0 aliphatic carbocycles. The van der Waals surface area contributed by atoms with Gasteiger partial charge in [0, 0.05) is 31.8 Å². The second-order valence-corrected chi connectivity index (χ2v) is 5.63. The monoisotopic (exact) mass is 246 g/mol. The molecule has 0 bridgehead atoms. The number of ether oxygens (including phenoxy) is 2. The summed E-state index contributed by atoms with van der Waals surface area (Å²) in [5.41, 5.74) is -1.65. The molecule has 0 saturated carbocycles. The van der Waals surface area contributed by atoms with Crippen molar-refractivity contribution in [2.45, 2.75) is 24.9 Å². The Morgan fingerprint density at radius 1 is 1.38 bits per heavy atom. The number of carbonyl (C=O) groups excluding carboxylic acids is 1. The van der Waals surface area contributed by atoms with Gasteiger partial charge in [-0.05, 0) is 12.2 Å². The Labute approximate surface area is 99.7 Å². The van der Waals surface area contributed by atoms with Crippen LogP contribution < -0.4 is 0 Å². The molecule has 2 aliphatic rings. The molecule has 2 heterocycles. The minimum absolute atomic E-state index is 0.262. The summed E-state index contributed by atoms with van der Waals surface area (Å²) < 4.78 is 10.2. The Bertz CT molecular complexity index is 267. The van der Waals surface area contributed by atoms with Gasteiger partial charge in [0.1, 0.15) is 5.41 Å². The van der Waals surface area contributed by atoms with Crippen LogP contribution in [0.1, 0.15) is 19.3 Å². The van der Waals surface area contributed by atoms with Gasteiger partial charge in [-0.15, -0.1) is 0 Å². The maximum atomic E-state index is 12.0. The van der Waals surface area contributed by atoms with Crippen molar-refractivity contribution in [3.05, 3.63) is 0 Å². The SMILES string of the molecule is COC(=O)C1(C2(O)CCOCC2)CCSC1. The molecular weight excluding hydrogens is 228 g/mol. The van der Waals surface area contributed by atoms with Crippen molar-refractivity contribution >= 4 is 17.7 Å². The van der Waals surface area contributed by atoms with Gasteiger partial charge in [0.25, 0.3) is 0 Å². The maximum Gasteiger partial charge on any atom is 0.315 e. The van der Waals surface area contributed by atoms with E-state index in [4.69, 9.17) is 9.47 Å². The van der Waals surface area contributed by atoms with Crippen LogP contribution in [-0.4, -0.2) is 48.5 Å². The molecule has 1 unspecified atom stereocenters. The van der Waals surface area contributed by atoms with Crippen LogP contribution in [0.4, 0.5) is 0 Å². The molecular formula is C11H18O4S. The molecule has 4 nitrogen and oxygen atoms in total. The van der Waals surface area contributed by atoms with Crippen LogP contribution in [0.15, 0.2) is 0 Å². The maximum absolute atomic E-state index is 12.0. The molecule has 2 rings (SSSR count). The second-order valence-electron chi connectivity index (χ2n) is 4.52. The van der Waals surface area contributed by atoms with Crippen molar-refractivity contribution in [1.82, 2.24) is 0 Å². The summed E-state index contributed by atoms with van der Waals surface area (Å²) in [6, 6.07) is 0. The third-order valence-corrected chi connectivity index (χ3v) is 5.00. The number of rotatable bonds is 2. The normalized spacial score (nSPS) is 33.6. The predicted octanol–water partition coefficient (Wildman–Crippen LogP) is 0.824. The summed E-state index contributed by atoms with van der Waals surface area (Å²) in [6.45, 7) is 1.06. The fraction of sp³-hybridized carbons (Fsp3) is 0.909. The van der Waals surface area contributed by atoms with Crippen LogP contribution in [0.2, 0.25) is 0 Å². The lowest BCUT2D eigenvalue weighted by Gasteiger charge is -2.44. The van der Waals surface area contributed by atoms with E-state index in [1.165, 1.54) is 7.11 Å². The Kier molecular flexibility index (Phi) is 3.47. The van der Waals surface area contributed by atoms with Crippen molar-refractivity contribution in [1.29, 1.82) is 0 Å². The van der Waals surface area contributed by atoms with E-state index in [1.807, 2.05) is 0 Å². The van der Waals surface area contributed by atoms with Crippen molar-refractivity contribution in [2.24, 2.45) is 5.41 Å². The summed E-state index contributed by atoms with van der Waals surface area (Å²) >= 11 is 1.72. The molecule has 5 heteroatoms. The van der Waals surface area contributed by atoms with E-state index < -0.39 is 11.0 Å². The van der Waals surface area contributed by atoms with E-state index in [1.54, 1.807) is 11.8 Å². The van der Waals surface area contributed by atoms with Crippen molar-refractivity contribution < 1.29 is 19.4 Å². The quantitative estimate of drug-likeness (QED) is 0.731. The fourth-order valence-electron chi connectivity index (χ4n) is 2.67. The minimum atomic E-state index is -0.943. The average Bonchev–Trinajstić information content (AvgIpc) is 2.80. The first-order valence-corrected chi connectivity index (χ1v) is 6.76. The van der Waals surface area contributed by atoms with Gasteiger partial charge in [-0.25, -0.2) is 0 Å². The van der Waals surface area contributed by atoms with E-state index in [9.17, 15) is 9.90 Å². The predicted molar refractivity (Wildman–Crippen MR) is 61.4 cm³/mol. The van der Waals surface area contributed by atoms with Crippen LogP contribution in [0.5, 0.6) is 0 Å². The van der Waals surface area contributed by atoms with Gasteiger partial charge in [-0.3, -0.25) is 4.79 Å². The first kappa shape index (κ1) is 12.2. The largest absolute Gasteiger partial charge is 0.468 e. The van der Waals surface area contributed by atoms with Gasteiger partial charge in [0.15, 0.2) is 0 Å². The molecule has 2 fully saturated rings. The lowest BCUT2D eigenvalue weighted by atomic mass is 9.67. The zero-order chi connectivity index (χ0) is 11.6. The standard InChI is InChI=1S/C11H18O4S/c1-14-9(12)10(4-7-16-8-10)11(13)2-5-15-6-3-11/h13H,2-8H2,1H3. The molecule has 0 radical (unpaired) electrons. The number of thioether (sulfide) groups is 1. The number of carbonyl (C=O) groups is 1. The van der Waals surface area contributed by atoms with Gasteiger partial charge >= 0.3 is 5.97 Å². The number of aliphatic hydroxyl groups is 1. The second kappa shape index (κ2) is 4.55. The third-order valence-electron chi connectivity index (χ3n) is 3.81. The first-order valence-electron chi connectivity index (χ1n) is 5.61. The topological polar surface area (TPSA) is 55.8 Å². The first-order chi connectivity index (χ1) is 7.65. The molecule has 0 amide bonds. The lowest BCUT2D eigenvalue weighted by Crippen LogP contribution is -2.56. The summed E-state index contributed by atoms with van der Waals surface area (Å²) in [6.07, 6.45) is 1.77. The van der Waals surface area contributed by atoms with Gasteiger partial charge in [0.05, 0.1) is 12.7 Å². The van der Waals surface area contributed by atoms with Gasteiger partial charge < -0.3 is 14.6 Å². The molecule has 16 heavy (non-hydrogen) atoms. The Hall–Kier alpha value is -0.260. The lowest BCUT2D eigenvalue weighted by molar-refractivity contribution is -0.182. The van der Waals surface area contributed by atoms with Crippen LogP contribution in [0.3, 0.4) is 0 Å². The van der Waals surface area contributed by atoms with Crippen molar-refractivity contribution in [2.75, 3.05) is 31.8 Å². The highest BCUT2D eigenvalue weighted by atomic mass is 32.2. The number of esters is 1. The molecule has 1 atom stereocenters. The van der Waals surface area contributed by atoms with Crippen molar-refractivity contribution in [3.8, 4) is 0 Å². The summed E-state index contributed by atoms with van der Waals surface area (Å²) in [7, 11) is 1.40. The van der Waals surface area contributed by atoms with E-state index in [2.05, 4.69) is 0 Å². The Morgan fingerprint density at radius 3 is 2.56 bits per heavy atom. The average molecular weight is 246 g/mol. The van der Waals surface area contributed by atoms with E-state index in [0.717, 1.165) is 5.75 Å². The highest BCUT2D eigenvalue weighted by Crippen LogP contribution is 2.49. The smallest absolute Gasteiger partial charge is 0.315 e. The molecule has 0 spiro atoms. The summed E-state index contributed by atoms with van der Waals surface area (Å²) in [4.78, 5) is 12.0. The van der Waals surface area contributed by atoms with Gasteiger partial charge in [-0.2, -0.15) is 11.8 Å². The van der Waals surface area contributed by atoms with E-state index >= 15 is 0 Å². The highest BCUT2D eigenvalue weighted by molar-refractivity contribution is 7.99. The molecule has 0 aromatic heterocycles. The zero-order valence-corrected chi connectivity index (χ0v) is 10.3. The minimum Gasteiger partial charge on any atom is -0.468 e. The van der Waals surface area contributed by atoms with E-state index in [0.29, 0.717) is 38.2 Å². The van der Waals surface area contributed by atoms with Crippen LogP contribution in [0.25, 0.3) is 0 Å². The van der Waals surface area contributed by atoms with Gasteiger partial charge in [-0.1, -0.05) is 0 Å². The summed E-state index contributed by atoms with van der Waals surface area (Å²) in [5, 5.41) is 10.7. The number of methoxy groups -OCH3 is 1. The fourth-order valence-corrected chi connectivity index (χ4v) is 4.18. The van der Waals surface area contributed by atoms with Crippen LogP contribution in [-0.2, 0) is 14.3 Å². The number of hydrogen-bond acceptors (Lipinski definition) is 5. The molecule has 2 aliphatic heterocycles. The molecule has 1 N–H and O–H groups in total.